The molecule has 3 N–H and O–H groups in total. The first kappa shape index (κ1) is 20.1. The second kappa shape index (κ2) is 8.16. The van der Waals surface area contributed by atoms with Crippen molar-refractivity contribution in [2.45, 2.75) is 26.5 Å². The van der Waals surface area contributed by atoms with Gasteiger partial charge in [-0.1, -0.05) is 12.1 Å². The lowest BCUT2D eigenvalue weighted by Crippen LogP contribution is -2.38. The average Bonchev–Trinajstić information content (AvgIpc) is 2.70. The SMILES string of the molecule is Cc1cc(Cn2c3c(c(O)c(C(=O)NCC(=O)O)c2=O)CCOC3)ccc1C#N. The van der Waals surface area contributed by atoms with Gasteiger partial charge in [-0.3, -0.25) is 14.4 Å². The molecule has 0 atom stereocenters. The molecule has 0 unspecified atom stereocenters. The van der Waals surface area contributed by atoms with Crippen LogP contribution in [0.15, 0.2) is 23.0 Å². The van der Waals surface area contributed by atoms with Crippen LogP contribution in [0.25, 0.3) is 0 Å². The Morgan fingerprint density at radius 3 is 2.79 bits per heavy atom. The number of fused-ring (bicyclic) bond motifs is 1. The van der Waals surface area contributed by atoms with Crippen molar-refractivity contribution >= 4 is 11.9 Å². The van der Waals surface area contributed by atoms with Crippen LogP contribution in [0.1, 0.15) is 38.3 Å². The van der Waals surface area contributed by atoms with Crippen molar-refractivity contribution < 1.29 is 24.5 Å². The summed E-state index contributed by atoms with van der Waals surface area (Å²) in [7, 11) is 0. The second-order valence-electron chi connectivity index (χ2n) is 6.68. The number of hydrogen-bond acceptors (Lipinski definition) is 6. The van der Waals surface area contributed by atoms with Gasteiger partial charge < -0.3 is 24.8 Å². The highest BCUT2D eigenvalue weighted by atomic mass is 16.5. The number of carbonyl (C=O) groups is 2. The van der Waals surface area contributed by atoms with Crippen molar-refractivity contribution in [2.75, 3.05) is 13.2 Å². The molecule has 9 heteroatoms. The molecule has 3 rings (SSSR count). The Balaban J connectivity index is 2.10. The third-order valence-corrected chi connectivity index (χ3v) is 4.77. The van der Waals surface area contributed by atoms with Crippen LogP contribution >= 0.6 is 0 Å². The first-order valence-corrected chi connectivity index (χ1v) is 8.88. The smallest absolute Gasteiger partial charge is 0.322 e. The molecule has 1 aromatic heterocycles. The second-order valence-corrected chi connectivity index (χ2v) is 6.68. The van der Waals surface area contributed by atoms with E-state index in [0.29, 0.717) is 29.8 Å². The number of pyridine rings is 1. The first-order chi connectivity index (χ1) is 13.8. The summed E-state index contributed by atoms with van der Waals surface area (Å²) in [5.74, 6) is -2.66. The minimum absolute atomic E-state index is 0.102. The van der Waals surface area contributed by atoms with E-state index >= 15 is 0 Å². The van der Waals surface area contributed by atoms with Gasteiger partial charge in [0.05, 0.1) is 37.1 Å². The van der Waals surface area contributed by atoms with Crippen molar-refractivity contribution in [3.8, 4) is 11.8 Å². The summed E-state index contributed by atoms with van der Waals surface area (Å²) in [6.07, 6.45) is 0.313. The molecule has 0 fully saturated rings. The highest BCUT2D eigenvalue weighted by molar-refractivity contribution is 5.98. The van der Waals surface area contributed by atoms with Crippen LogP contribution in [0.3, 0.4) is 0 Å². The number of ether oxygens (including phenoxy) is 1. The number of amides is 1. The summed E-state index contributed by atoms with van der Waals surface area (Å²) in [6.45, 7) is 1.64. The molecule has 0 saturated heterocycles. The standard InChI is InChI=1S/C20H19N3O6/c1-11-6-12(2-3-13(11)7-21)9-23-15-10-29-5-4-14(15)18(26)17(20(23)28)19(27)22-8-16(24)25/h2-3,6,26H,4-5,8-10H2,1H3,(H,22,27)(H,24,25). The molecular formula is C20H19N3O6. The number of aliphatic carboxylic acids is 1. The Morgan fingerprint density at radius 1 is 1.38 bits per heavy atom. The molecule has 1 aliphatic rings. The quantitative estimate of drug-likeness (QED) is 0.673. The van der Waals surface area contributed by atoms with E-state index in [9.17, 15) is 19.5 Å². The van der Waals surface area contributed by atoms with Gasteiger partial charge in [0.25, 0.3) is 11.5 Å². The minimum Gasteiger partial charge on any atom is -0.507 e. The lowest BCUT2D eigenvalue weighted by molar-refractivity contribution is -0.135. The summed E-state index contributed by atoms with van der Waals surface area (Å²) in [5.41, 5.74) is 1.68. The molecule has 0 bridgehead atoms. The van der Waals surface area contributed by atoms with Crippen molar-refractivity contribution in [3.05, 3.63) is 62.1 Å². The Hall–Kier alpha value is -3.64. The summed E-state index contributed by atoms with van der Waals surface area (Å²) in [6, 6.07) is 7.22. The van der Waals surface area contributed by atoms with Gasteiger partial charge in [-0.05, 0) is 24.1 Å². The molecule has 29 heavy (non-hydrogen) atoms. The summed E-state index contributed by atoms with van der Waals surface area (Å²) >= 11 is 0. The number of benzene rings is 1. The van der Waals surface area contributed by atoms with E-state index in [1.54, 1.807) is 25.1 Å². The summed E-state index contributed by atoms with van der Waals surface area (Å²) < 4.78 is 6.78. The maximum Gasteiger partial charge on any atom is 0.322 e. The fraction of sp³-hybridized carbons (Fsp3) is 0.300. The number of carboxylic acids is 1. The minimum atomic E-state index is -1.27. The molecule has 0 aliphatic carbocycles. The topological polar surface area (TPSA) is 142 Å². The van der Waals surface area contributed by atoms with Crippen LogP contribution in [-0.4, -0.2) is 39.8 Å². The number of aromatic nitrogens is 1. The number of hydrogen-bond donors (Lipinski definition) is 3. The van der Waals surface area contributed by atoms with Gasteiger partial charge in [-0.15, -0.1) is 0 Å². The van der Waals surface area contributed by atoms with Gasteiger partial charge in [0.15, 0.2) is 0 Å². The largest absolute Gasteiger partial charge is 0.507 e. The molecule has 9 nitrogen and oxygen atoms in total. The van der Waals surface area contributed by atoms with Crippen LogP contribution in [0.4, 0.5) is 0 Å². The van der Waals surface area contributed by atoms with Gasteiger partial charge in [-0.2, -0.15) is 5.26 Å². The lowest BCUT2D eigenvalue weighted by Gasteiger charge is -2.24. The number of nitrogens with one attached hydrogen (secondary N) is 1. The fourth-order valence-electron chi connectivity index (χ4n) is 3.33. The number of rotatable bonds is 5. The number of aromatic hydroxyl groups is 1. The summed E-state index contributed by atoms with van der Waals surface area (Å²) in [5, 5.41) is 30.5. The van der Waals surface area contributed by atoms with Crippen LogP contribution < -0.4 is 10.9 Å². The number of aryl methyl sites for hydroxylation is 1. The molecule has 1 amide bonds. The van der Waals surface area contributed by atoms with Gasteiger partial charge in [0.1, 0.15) is 17.9 Å². The van der Waals surface area contributed by atoms with E-state index < -0.39 is 35.3 Å². The lowest BCUT2D eigenvalue weighted by atomic mass is 10.0. The van der Waals surface area contributed by atoms with E-state index in [2.05, 4.69) is 11.4 Å². The maximum absolute atomic E-state index is 13.0. The normalized spacial score (nSPS) is 12.7. The molecule has 1 aromatic carbocycles. The Labute approximate surface area is 165 Å². The van der Waals surface area contributed by atoms with E-state index in [-0.39, 0.29) is 13.2 Å². The summed E-state index contributed by atoms with van der Waals surface area (Å²) in [4.78, 5) is 36.2. The third-order valence-electron chi connectivity index (χ3n) is 4.77. The van der Waals surface area contributed by atoms with Gasteiger partial charge >= 0.3 is 5.97 Å². The highest BCUT2D eigenvalue weighted by Crippen LogP contribution is 2.28. The predicted octanol–water partition coefficient (Wildman–Crippen LogP) is 0.669. The average molecular weight is 397 g/mol. The Kier molecular flexibility index (Phi) is 5.66. The Morgan fingerprint density at radius 2 is 2.14 bits per heavy atom. The maximum atomic E-state index is 13.0. The zero-order chi connectivity index (χ0) is 21.1. The first-order valence-electron chi connectivity index (χ1n) is 8.88. The van der Waals surface area contributed by atoms with Crippen LogP contribution in [0.5, 0.6) is 5.75 Å². The van der Waals surface area contributed by atoms with Crippen molar-refractivity contribution in [1.82, 2.24) is 9.88 Å². The zero-order valence-electron chi connectivity index (χ0n) is 15.7. The Bertz CT molecular complexity index is 1100. The molecule has 2 aromatic rings. The van der Waals surface area contributed by atoms with E-state index in [1.165, 1.54) is 4.57 Å². The molecule has 0 radical (unpaired) electrons. The van der Waals surface area contributed by atoms with E-state index in [1.807, 2.05) is 0 Å². The van der Waals surface area contributed by atoms with Crippen molar-refractivity contribution in [1.29, 1.82) is 5.26 Å². The zero-order valence-corrected chi connectivity index (χ0v) is 15.7. The predicted molar refractivity (Wildman–Crippen MR) is 101 cm³/mol. The van der Waals surface area contributed by atoms with Crippen LogP contribution in [0.2, 0.25) is 0 Å². The molecule has 2 heterocycles. The molecule has 0 saturated carbocycles. The van der Waals surface area contributed by atoms with Crippen LogP contribution in [0, 0.1) is 18.3 Å². The van der Waals surface area contributed by atoms with E-state index in [0.717, 1.165) is 11.1 Å². The molecule has 0 spiro atoms. The monoisotopic (exact) mass is 397 g/mol. The van der Waals surface area contributed by atoms with Gasteiger partial charge in [-0.25, -0.2) is 0 Å². The van der Waals surface area contributed by atoms with Gasteiger partial charge in [0, 0.05) is 12.0 Å². The number of nitriles is 1. The number of carboxylic acid groups (broad SMARTS) is 1. The van der Waals surface area contributed by atoms with Crippen LogP contribution in [-0.2, 0) is 29.1 Å². The third kappa shape index (κ3) is 3.97. The van der Waals surface area contributed by atoms with Gasteiger partial charge in [0.2, 0.25) is 0 Å². The number of nitrogens with zero attached hydrogens (tertiary/aromatic N) is 2. The van der Waals surface area contributed by atoms with Crippen molar-refractivity contribution in [2.24, 2.45) is 0 Å². The number of carbonyl (C=O) groups excluding carboxylic acids is 1. The molecular weight excluding hydrogens is 378 g/mol. The fourth-order valence-corrected chi connectivity index (χ4v) is 3.33. The highest BCUT2D eigenvalue weighted by Gasteiger charge is 2.27. The molecule has 150 valence electrons. The molecule has 1 aliphatic heterocycles. The van der Waals surface area contributed by atoms with Crippen molar-refractivity contribution in [3.63, 3.8) is 0 Å². The van der Waals surface area contributed by atoms with E-state index in [4.69, 9.17) is 15.1 Å².